The van der Waals surface area contributed by atoms with Crippen LogP contribution in [0, 0.1) is 11.8 Å². The number of likely N-dealkylation sites (tertiary alicyclic amines) is 1. The van der Waals surface area contributed by atoms with Gasteiger partial charge in [-0.1, -0.05) is 6.92 Å². The normalized spacial score (nSPS) is 27.3. The fourth-order valence-corrected chi connectivity index (χ4v) is 6.98. The SMILES string of the molecule is CC(=O)N1c2ccc(S(=O)(=O)N3CCC[C@H](C(=O)N4CCC[C@H](C)C4)C3)cc2C[C@@H]1C. The molecule has 1 aromatic carbocycles. The molecule has 31 heavy (non-hydrogen) atoms. The molecule has 2 amide bonds. The molecule has 170 valence electrons. The van der Waals surface area contributed by atoms with Gasteiger partial charge >= 0.3 is 0 Å². The van der Waals surface area contributed by atoms with Crippen molar-refractivity contribution >= 4 is 27.5 Å². The summed E-state index contributed by atoms with van der Waals surface area (Å²) in [5, 5.41) is 0. The summed E-state index contributed by atoms with van der Waals surface area (Å²) >= 11 is 0. The Morgan fingerprint density at radius 2 is 1.77 bits per heavy atom. The van der Waals surface area contributed by atoms with Crippen LogP contribution in [0.2, 0.25) is 0 Å². The molecule has 3 atom stereocenters. The molecule has 0 radical (unpaired) electrons. The summed E-state index contributed by atoms with van der Waals surface area (Å²) in [4.78, 5) is 28.9. The van der Waals surface area contributed by atoms with Gasteiger partial charge < -0.3 is 9.80 Å². The summed E-state index contributed by atoms with van der Waals surface area (Å²) in [6.45, 7) is 7.91. The molecule has 0 aromatic heterocycles. The minimum atomic E-state index is -3.69. The van der Waals surface area contributed by atoms with Crippen molar-refractivity contribution in [1.29, 1.82) is 0 Å². The van der Waals surface area contributed by atoms with Gasteiger partial charge in [-0.05, 0) is 68.7 Å². The lowest BCUT2D eigenvalue weighted by molar-refractivity contribution is -0.138. The summed E-state index contributed by atoms with van der Waals surface area (Å²) < 4.78 is 28.3. The highest BCUT2D eigenvalue weighted by Crippen LogP contribution is 2.35. The summed E-state index contributed by atoms with van der Waals surface area (Å²) in [6, 6.07) is 5.07. The lowest BCUT2D eigenvalue weighted by Gasteiger charge is -2.37. The van der Waals surface area contributed by atoms with Gasteiger partial charge in [0.25, 0.3) is 0 Å². The fraction of sp³-hybridized carbons (Fsp3) is 0.652. The molecule has 2 fully saturated rings. The van der Waals surface area contributed by atoms with Gasteiger partial charge in [0.2, 0.25) is 21.8 Å². The summed E-state index contributed by atoms with van der Waals surface area (Å²) in [7, 11) is -3.69. The van der Waals surface area contributed by atoms with Crippen LogP contribution >= 0.6 is 0 Å². The number of benzene rings is 1. The van der Waals surface area contributed by atoms with Gasteiger partial charge in [0.1, 0.15) is 0 Å². The number of amides is 2. The van der Waals surface area contributed by atoms with Crippen molar-refractivity contribution in [3.05, 3.63) is 23.8 Å². The second kappa shape index (κ2) is 8.54. The van der Waals surface area contributed by atoms with Gasteiger partial charge in [-0.15, -0.1) is 0 Å². The number of anilines is 1. The highest BCUT2D eigenvalue weighted by Gasteiger charge is 2.37. The second-order valence-electron chi connectivity index (χ2n) is 9.47. The van der Waals surface area contributed by atoms with E-state index in [1.165, 1.54) is 11.2 Å². The lowest BCUT2D eigenvalue weighted by Crippen LogP contribution is -2.48. The van der Waals surface area contributed by atoms with Crippen molar-refractivity contribution in [3.8, 4) is 0 Å². The Balaban J connectivity index is 1.52. The van der Waals surface area contributed by atoms with Crippen molar-refractivity contribution in [3.63, 3.8) is 0 Å². The van der Waals surface area contributed by atoms with Crippen LogP contribution in [0.1, 0.15) is 52.0 Å². The first-order valence-corrected chi connectivity index (χ1v) is 12.8. The number of hydrogen-bond donors (Lipinski definition) is 0. The van der Waals surface area contributed by atoms with Crippen LogP contribution in [0.15, 0.2) is 23.1 Å². The van der Waals surface area contributed by atoms with E-state index in [0.717, 1.165) is 43.6 Å². The molecule has 3 heterocycles. The van der Waals surface area contributed by atoms with E-state index in [0.29, 0.717) is 25.3 Å². The molecule has 4 rings (SSSR count). The van der Waals surface area contributed by atoms with E-state index in [-0.39, 0.29) is 35.2 Å². The van der Waals surface area contributed by atoms with Crippen LogP contribution in [-0.2, 0) is 26.0 Å². The highest BCUT2D eigenvalue weighted by molar-refractivity contribution is 7.89. The molecule has 7 nitrogen and oxygen atoms in total. The van der Waals surface area contributed by atoms with Crippen molar-refractivity contribution in [2.45, 2.75) is 63.8 Å². The Morgan fingerprint density at radius 3 is 2.48 bits per heavy atom. The Hall–Kier alpha value is -1.93. The second-order valence-corrected chi connectivity index (χ2v) is 11.4. The fourth-order valence-electron chi connectivity index (χ4n) is 5.41. The van der Waals surface area contributed by atoms with Gasteiger partial charge in [-0.25, -0.2) is 8.42 Å². The zero-order chi connectivity index (χ0) is 22.3. The van der Waals surface area contributed by atoms with E-state index in [1.54, 1.807) is 23.1 Å². The van der Waals surface area contributed by atoms with Gasteiger partial charge in [0.15, 0.2) is 0 Å². The van der Waals surface area contributed by atoms with E-state index < -0.39 is 10.0 Å². The Bertz CT molecular complexity index is 977. The number of carbonyl (C=O) groups excluding carboxylic acids is 2. The molecule has 0 bridgehead atoms. The Kier molecular flexibility index (Phi) is 6.14. The molecule has 0 aliphatic carbocycles. The molecule has 8 heteroatoms. The number of hydrogen-bond acceptors (Lipinski definition) is 4. The third kappa shape index (κ3) is 4.24. The maximum atomic E-state index is 13.4. The van der Waals surface area contributed by atoms with Crippen LogP contribution in [0.25, 0.3) is 0 Å². The van der Waals surface area contributed by atoms with Gasteiger partial charge in [-0.3, -0.25) is 9.59 Å². The molecule has 0 N–H and O–H groups in total. The molecular weight excluding hydrogens is 414 g/mol. The van der Waals surface area contributed by atoms with Crippen molar-refractivity contribution in [2.75, 3.05) is 31.1 Å². The first-order valence-electron chi connectivity index (χ1n) is 11.4. The molecule has 2 saturated heterocycles. The van der Waals surface area contributed by atoms with E-state index in [9.17, 15) is 18.0 Å². The van der Waals surface area contributed by atoms with Crippen LogP contribution in [-0.4, -0.2) is 61.7 Å². The molecule has 1 aromatic rings. The quantitative estimate of drug-likeness (QED) is 0.714. The minimum absolute atomic E-state index is 0.0226. The summed E-state index contributed by atoms with van der Waals surface area (Å²) in [6.07, 6.45) is 4.25. The summed E-state index contributed by atoms with van der Waals surface area (Å²) in [5.74, 6) is 0.304. The smallest absolute Gasteiger partial charge is 0.243 e. The number of carbonyl (C=O) groups is 2. The van der Waals surface area contributed by atoms with Crippen molar-refractivity contribution in [1.82, 2.24) is 9.21 Å². The largest absolute Gasteiger partial charge is 0.342 e. The van der Waals surface area contributed by atoms with Crippen molar-refractivity contribution < 1.29 is 18.0 Å². The maximum Gasteiger partial charge on any atom is 0.243 e. The number of rotatable bonds is 3. The predicted octanol–water partition coefficient (Wildman–Crippen LogP) is 2.64. The Labute approximate surface area is 185 Å². The van der Waals surface area contributed by atoms with Crippen LogP contribution in [0.5, 0.6) is 0 Å². The highest BCUT2D eigenvalue weighted by atomic mass is 32.2. The van der Waals surface area contributed by atoms with E-state index in [2.05, 4.69) is 6.92 Å². The third-order valence-corrected chi connectivity index (χ3v) is 8.81. The first-order chi connectivity index (χ1) is 14.7. The summed E-state index contributed by atoms with van der Waals surface area (Å²) in [5.41, 5.74) is 1.68. The monoisotopic (exact) mass is 447 g/mol. The van der Waals surface area contributed by atoms with E-state index >= 15 is 0 Å². The third-order valence-electron chi connectivity index (χ3n) is 6.95. The topological polar surface area (TPSA) is 78.0 Å². The number of fused-ring (bicyclic) bond motifs is 1. The lowest BCUT2D eigenvalue weighted by atomic mass is 9.94. The maximum absolute atomic E-state index is 13.4. The van der Waals surface area contributed by atoms with Gasteiger partial charge in [0.05, 0.1) is 10.8 Å². The van der Waals surface area contributed by atoms with Gasteiger partial charge in [0, 0.05) is 44.8 Å². The minimum Gasteiger partial charge on any atom is -0.342 e. The average molecular weight is 448 g/mol. The standard InChI is InChI=1S/C23H33N3O4S/c1-16-6-4-10-24(14-16)23(28)19-7-5-11-25(15-19)31(29,30)21-8-9-22-20(13-21)12-17(2)26(22)18(3)27/h8-9,13,16-17,19H,4-7,10-12,14-15H2,1-3H3/t16-,17-,19-/m0/s1. The van der Waals surface area contributed by atoms with Gasteiger partial charge in [-0.2, -0.15) is 4.31 Å². The number of sulfonamides is 1. The molecule has 0 saturated carbocycles. The van der Waals surface area contributed by atoms with Crippen LogP contribution in [0.4, 0.5) is 5.69 Å². The molecular formula is C23H33N3O4S. The van der Waals surface area contributed by atoms with E-state index in [1.807, 2.05) is 11.8 Å². The van der Waals surface area contributed by atoms with Crippen LogP contribution in [0.3, 0.4) is 0 Å². The zero-order valence-corrected chi connectivity index (χ0v) is 19.5. The number of piperidine rings is 2. The predicted molar refractivity (Wildman–Crippen MR) is 119 cm³/mol. The zero-order valence-electron chi connectivity index (χ0n) is 18.7. The molecule has 3 aliphatic heterocycles. The van der Waals surface area contributed by atoms with E-state index in [4.69, 9.17) is 0 Å². The average Bonchev–Trinajstić information content (AvgIpc) is 3.08. The first kappa shape index (κ1) is 22.3. The Morgan fingerprint density at radius 1 is 1.03 bits per heavy atom. The molecule has 0 unspecified atom stereocenters. The number of nitrogens with zero attached hydrogens (tertiary/aromatic N) is 3. The molecule has 0 spiro atoms. The van der Waals surface area contributed by atoms with Crippen LogP contribution < -0.4 is 4.90 Å². The van der Waals surface area contributed by atoms with Crippen molar-refractivity contribution in [2.24, 2.45) is 11.8 Å². The molecule has 3 aliphatic rings.